The van der Waals surface area contributed by atoms with E-state index in [0.29, 0.717) is 0 Å². The fourth-order valence-electron chi connectivity index (χ4n) is 3.88. The van der Waals surface area contributed by atoms with Crippen LogP contribution < -0.4 is 10.6 Å². The van der Waals surface area contributed by atoms with Gasteiger partial charge in [0.15, 0.2) is 5.78 Å². The maximum Gasteiger partial charge on any atom is 0.437 e. The minimum absolute atomic E-state index is 0.0238. The number of Topliss-reactive ketones (excluding diaryl/α,β-unsaturated/α-hetero) is 1. The highest BCUT2D eigenvalue weighted by atomic mass is 35.5. The van der Waals surface area contributed by atoms with Crippen molar-refractivity contribution in [1.29, 1.82) is 0 Å². The minimum atomic E-state index is -5.45. The van der Waals surface area contributed by atoms with Crippen LogP contribution in [0.4, 0.5) is 23.7 Å². The molecule has 13 heteroatoms. The van der Waals surface area contributed by atoms with Gasteiger partial charge < -0.3 is 20.2 Å². The number of carbonyl (C=O) groups is 2. The van der Waals surface area contributed by atoms with Crippen molar-refractivity contribution in [3.63, 3.8) is 0 Å². The van der Waals surface area contributed by atoms with E-state index in [1.165, 1.54) is 66.0 Å². The van der Waals surface area contributed by atoms with E-state index in [4.69, 9.17) is 16.0 Å². The van der Waals surface area contributed by atoms with E-state index < -0.39 is 40.6 Å². The summed E-state index contributed by atoms with van der Waals surface area (Å²) in [6.07, 6.45) is -5.45. The summed E-state index contributed by atoms with van der Waals surface area (Å²) in [4.78, 5) is 36.1. The molecule has 3 N–H and O–H groups in total. The molecule has 2 heterocycles. The molecule has 0 radical (unpaired) electrons. The summed E-state index contributed by atoms with van der Waals surface area (Å²) in [5.74, 6) is -3.91. The molecule has 1 aliphatic rings. The van der Waals surface area contributed by atoms with Crippen LogP contribution in [0.3, 0.4) is 0 Å². The maximum absolute atomic E-state index is 14.0. The Morgan fingerprint density at radius 3 is 2.40 bits per heavy atom. The number of urea groups is 1. The number of nitrogens with zero attached hydrogens (tertiary/aromatic N) is 1. The van der Waals surface area contributed by atoms with E-state index in [-0.39, 0.29) is 33.4 Å². The lowest BCUT2D eigenvalue weighted by Crippen LogP contribution is -2.72. The van der Waals surface area contributed by atoms with E-state index >= 15 is 0 Å². The summed E-state index contributed by atoms with van der Waals surface area (Å²) in [5.41, 5.74) is -4.47. The highest BCUT2D eigenvalue weighted by molar-refractivity contribution is 6.30. The first-order chi connectivity index (χ1) is 16.4. The Hall–Kier alpha value is -3.90. The molecule has 35 heavy (non-hydrogen) atoms. The molecule has 2 aromatic carbocycles. The van der Waals surface area contributed by atoms with Crippen molar-refractivity contribution >= 4 is 29.1 Å². The van der Waals surface area contributed by atoms with Crippen LogP contribution in [0.15, 0.2) is 65.1 Å². The van der Waals surface area contributed by atoms with Crippen molar-refractivity contribution in [3.8, 4) is 11.3 Å². The summed E-state index contributed by atoms with van der Waals surface area (Å²) in [5, 5.41) is 25.8. The SMILES string of the molecule is O=C1N[C@@H](c2ccc(-c3ccccc3[N+](=O)[O-])o2)[C@@H](C(=O)c2ccc(Cl)cc2)[C@](O)(C(F)(F)F)N1. The monoisotopic (exact) mass is 509 g/mol. The minimum Gasteiger partial charge on any atom is -0.459 e. The van der Waals surface area contributed by atoms with Crippen LogP contribution in [0, 0.1) is 16.0 Å². The number of rotatable bonds is 5. The number of hydrogen-bond donors (Lipinski definition) is 3. The van der Waals surface area contributed by atoms with Crippen LogP contribution in [-0.4, -0.2) is 33.7 Å². The zero-order valence-corrected chi connectivity index (χ0v) is 18.1. The Morgan fingerprint density at radius 1 is 1.11 bits per heavy atom. The number of hydrogen-bond acceptors (Lipinski definition) is 6. The van der Waals surface area contributed by atoms with Crippen LogP contribution in [0.5, 0.6) is 0 Å². The molecule has 0 aliphatic carbocycles. The number of benzene rings is 2. The van der Waals surface area contributed by atoms with Gasteiger partial charge in [-0.2, -0.15) is 13.2 Å². The summed E-state index contributed by atoms with van der Waals surface area (Å²) in [7, 11) is 0. The summed E-state index contributed by atoms with van der Waals surface area (Å²) in [6.45, 7) is 0. The molecule has 3 aromatic rings. The number of alkyl halides is 3. The maximum atomic E-state index is 14.0. The summed E-state index contributed by atoms with van der Waals surface area (Å²) < 4.78 is 47.6. The molecule has 3 atom stereocenters. The van der Waals surface area contributed by atoms with Crippen LogP contribution in [-0.2, 0) is 0 Å². The standard InChI is InChI=1S/C22H15ClF3N3O6/c23-12-7-5-11(6-8-12)19(30)17-18(27-20(31)28-21(17,32)22(24,25)26)16-10-9-15(35-16)13-3-1-2-4-14(13)29(33)34/h1-10,17-18,32H,(H2,27,28,31)/t17-,18-,21-/m0/s1. The van der Waals surface area contributed by atoms with Crippen molar-refractivity contribution in [1.82, 2.24) is 10.6 Å². The number of furan rings is 1. The van der Waals surface area contributed by atoms with Crippen molar-refractivity contribution in [2.24, 2.45) is 5.92 Å². The van der Waals surface area contributed by atoms with Gasteiger partial charge in [-0.15, -0.1) is 0 Å². The predicted molar refractivity (Wildman–Crippen MR) is 115 cm³/mol. The van der Waals surface area contributed by atoms with Gasteiger partial charge >= 0.3 is 12.2 Å². The summed E-state index contributed by atoms with van der Waals surface area (Å²) in [6, 6.07) is 9.64. The van der Waals surface area contributed by atoms with E-state index in [1.54, 1.807) is 0 Å². The first-order valence-corrected chi connectivity index (χ1v) is 10.3. The molecule has 0 bridgehead atoms. The van der Waals surface area contributed by atoms with Crippen molar-refractivity contribution in [3.05, 3.63) is 87.1 Å². The lowest BCUT2D eigenvalue weighted by molar-refractivity contribution is -0.384. The number of para-hydroxylation sites is 1. The quantitative estimate of drug-likeness (QED) is 0.261. The molecule has 182 valence electrons. The summed E-state index contributed by atoms with van der Waals surface area (Å²) >= 11 is 5.80. The fraction of sp³-hybridized carbons (Fsp3) is 0.182. The van der Waals surface area contributed by atoms with Crippen LogP contribution in [0.25, 0.3) is 11.3 Å². The van der Waals surface area contributed by atoms with Gasteiger partial charge in [0.1, 0.15) is 23.5 Å². The number of aliphatic hydroxyl groups is 1. The highest BCUT2D eigenvalue weighted by Crippen LogP contribution is 2.45. The molecule has 0 spiro atoms. The Morgan fingerprint density at radius 2 is 1.77 bits per heavy atom. The average molecular weight is 510 g/mol. The topological polar surface area (TPSA) is 135 Å². The van der Waals surface area contributed by atoms with Gasteiger partial charge in [-0.05, 0) is 42.5 Å². The Balaban J connectivity index is 1.83. The van der Waals surface area contributed by atoms with Crippen molar-refractivity contribution < 1.29 is 37.2 Å². The number of nitro benzene ring substituents is 1. The molecule has 0 unspecified atom stereocenters. The molecule has 4 rings (SSSR count). The van der Waals surface area contributed by atoms with Gasteiger partial charge in [0.2, 0.25) is 5.72 Å². The molecule has 1 fully saturated rings. The number of nitro groups is 1. The van der Waals surface area contributed by atoms with Gasteiger partial charge in [0.25, 0.3) is 5.69 Å². The molecule has 0 saturated carbocycles. The third-order valence-corrected chi connectivity index (χ3v) is 5.77. The molecule has 1 aromatic heterocycles. The number of amides is 2. The van der Waals surface area contributed by atoms with Crippen molar-refractivity contribution in [2.45, 2.75) is 17.9 Å². The lowest BCUT2D eigenvalue weighted by Gasteiger charge is -2.44. The Kier molecular flexibility index (Phi) is 6.03. The second-order valence-electron chi connectivity index (χ2n) is 7.67. The highest BCUT2D eigenvalue weighted by Gasteiger charge is 2.66. The molecule has 9 nitrogen and oxygen atoms in total. The Labute approximate surface area is 199 Å². The van der Waals surface area contributed by atoms with Gasteiger partial charge in [-0.3, -0.25) is 14.9 Å². The zero-order chi connectivity index (χ0) is 25.5. The predicted octanol–water partition coefficient (Wildman–Crippen LogP) is 4.61. The fourth-order valence-corrected chi connectivity index (χ4v) is 4.00. The third-order valence-electron chi connectivity index (χ3n) is 5.52. The first-order valence-electron chi connectivity index (χ1n) is 9.93. The van der Waals surface area contributed by atoms with Crippen LogP contribution >= 0.6 is 11.6 Å². The van der Waals surface area contributed by atoms with Gasteiger partial charge in [-0.1, -0.05) is 23.7 Å². The van der Waals surface area contributed by atoms with E-state index in [1.807, 2.05) is 0 Å². The molecule has 1 aliphatic heterocycles. The van der Waals surface area contributed by atoms with Crippen LogP contribution in [0.1, 0.15) is 22.2 Å². The third kappa shape index (κ3) is 4.33. The Bertz CT molecular complexity index is 1310. The molecule has 1 saturated heterocycles. The second kappa shape index (κ2) is 8.71. The molecule has 2 amide bonds. The molecular weight excluding hydrogens is 495 g/mol. The largest absolute Gasteiger partial charge is 0.459 e. The smallest absolute Gasteiger partial charge is 0.437 e. The van der Waals surface area contributed by atoms with Gasteiger partial charge in [0, 0.05) is 16.7 Å². The second-order valence-corrected chi connectivity index (χ2v) is 8.10. The van der Waals surface area contributed by atoms with Crippen molar-refractivity contribution in [2.75, 3.05) is 0 Å². The van der Waals surface area contributed by atoms with Gasteiger partial charge in [0.05, 0.1) is 10.5 Å². The van der Waals surface area contributed by atoms with Crippen LogP contribution in [0.2, 0.25) is 5.02 Å². The first kappa shape index (κ1) is 24.2. The van der Waals surface area contributed by atoms with Gasteiger partial charge in [-0.25, -0.2) is 4.79 Å². The number of carbonyl (C=O) groups excluding carboxylic acids is 2. The van der Waals surface area contributed by atoms with E-state index in [0.717, 1.165) is 0 Å². The number of halogens is 4. The van der Waals surface area contributed by atoms with E-state index in [9.17, 15) is 38.0 Å². The number of nitrogens with one attached hydrogen (secondary N) is 2. The molecular formula is C22H15ClF3N3O6. The lowest BCUT2D eigenvalue weighted by atomic mass is 9.79. The normalized spacial score (nSPS) is 22.3. The van der Waals surface area contributed by atoms with E-state index in [2.05, 4.69) is 5.32 Å². The zero-order valence-electron chi connectivity index (χ0n) is 17.4. The number of ketones is 1. The average Bonchev–Trinajstić information content (AvgIpc) is 3.28.